The van der Waals surface area contributed by atoms with Gasteiger partial charge in [0, 0.05) is 45.1 Å². The van der Waals surface area contributed by atoms with E-state index >= 15 is 0 Å². The van der Waals surface area contributed by atoms with Crippen LogP contribution in [0.1, 0.15) is 160 Å². The van der Waals surface area contributed by atoms with Crippen LogP contribution < -0.4 is 20.7 Å². The molecular weight excluding hydrogens is 791 g/mol. The fourth-order valence-electron chi connectivity index (χ4n) is 13.2. The zero-order valence-electron chi connectivity index (χ0n) is 41.0. The van der Waals surface area contributed by atoms with Gasteiger partial charge in [0.15, 0.2) is 0 Å². The zero-order chi connectivity index (χ0) is 45.3. The number of benzene rings is 4. The fourth-order valence-corrected chi connectivity index (χ4v) is 13.2. The lowest BCUT2D eigenvalue weighted by Gasteiger charge is -2.48. The third-order valence-electron chi connectivity index (χ3n) is 17.3. The molecule has 0 N–H and O–H groups in total. The van der Waals surface area contributed by atoms with Gasteiger partial charge in [0.05, 0.1) is 18.4 Å². The number of hydrogen-bond donors (Lipinski definition) is 0. The molecule has 65 heavy (non-hydrogen) atoms. The molecule has 0 bridgehead atoms. The van der Waals surface area contributed by atoms with Gasteiger partial charge in [-0.2, -0.15) is 0 Å². The Hall–Kier alpha value is -5.00. The second-order valence-electron chi connectivity index (χ2n) is 24.6. The van der Waals surface area contributed by atoms with E-state index in [2.05, 4.69) is 190 Å². The summed E-state index contributed by atoms with van der Waals surface area (Å²) in [4.78, 5) is 5.24. The maximum absolute atomic E-state index is 7.57. The highest BCUT2D eigenvalue weighted by molar-refractivity contribution is 6.96. The predicted octanol–water partition coefficient (Wildman–Crippen LogP) is 14.2. The van der Waals surface area contributed by atoms with Crippen molar-refractivity contribution in [1.82, 2.24) is 0 Å². The predicted molar refractivity (Wildman–Crippen MR) is 273 cm³/mol. The van der Waals surface area contributed by atoms with E-state index in [0.717, 1.165) is 24.3 Å². The lowest BCUT2D eigenvalue weighted by molar-refractivity contribution is 0.0486. The first-order chi connectivity index (χ1) is 30.7. The first-order valence-electron chi connectivity index (χ1n) is 24.8. The Morgan fingerprint density at radius 3 is 2.09 bits per heavy atom. The summed E-state index contributed by atoms with van der Waals surface area (Å²) >= 11 is 0. The normalized spacial score (nSPS) is 25.0. The van der Waals surface area contributed by atoms with E-state index in [4.69, 9.17) is 9.15 Å². The van der Waals surface area contributed by atoms with E-state index in [0.29, 0.717) is 12.5 Å². The Bertz CT molecular complexity index is 3010. The molecule has 0 amide bonds. The van der Waals surface area contributed by atoms with Crippen LogP contribution in [0.15, 0.2) is 118 Å². The Balaban J connectivity index is 1.19. The monoisotopic (exact) mass is 859 g/mol. The molecule has 0 fully saturated rings. The van der Waals surface area contributed by atoms with E-state index < -0.39 is 0 Å². The van der Waals surface area contributed by atoms with Gasteiger partial charge in [-0.15, -0.1) is 0 Å². The van der Waals surface area contributed by atoms with Crippen LogP contribution in [0.5, 0.6) is 0 Å². The van der Waals surface area contributed by atoms with Crippen molar-refractivity contribution < 1.29 is 9.15 Å². The summed E-state index contributed by atoms with van der Waals surface area (Å²) < 4.78 is 14.3. The summed E-state index contributed by atoms with van der Waals surface area (Å²) in [6, 6.07) is 26.9. The number of furan rings is 1. The standard InChI is InChI=1S/C60H67BN2O2/c1-35-28-49-54-50(29-35)63(47-18-15-17-38-39-16-13-14-19-51(39)64-34-41(38)47)48-23-20-36(56(2,3)4)30-46(48)61(54)53-40-32-44-45(60(11,12)27-26-59(44,9)10)33-52(40)65-55(53)62(49)37-21-22-42-43(31-37)58(7,8)25-24-57(42,5)6/h13-23,28,30-33,35,39,51H,24-27,29,34H2,1-12H3/t35?,39?,51-/m0/s1. The van der Waals surface area contributed by atoms with E-state index in [1.807, 2.05) is 0 Å². The van der Waals surface area contributed by atoms with E-state index in [9.17, 15) is 0 Å². The molecule has 5 heteroatoms. The van der Waals surface area contributed by atoms with Crippen LogP contribution in [0.25, 0.3) is 11.0 Å². The highest BCUT2D eigenvalue weighted by Gasteiger charge is 2.51. The van der Waals surface area contributed by atoms with Crippen LogP contribution in [-0.4, -0.2) is 12.8 Å². The maximum atomic E-state index is 7.57. The Kier molecular flexibility index (Phi) is 8.64. The number of fused-ring (bicyclic) bond motifs is 11. The average Bonchev–Trinajstić information content (AvgIpc) is 3.63. The third-order valence-corrected chi connectivity index (χ3v) is 17.3. The molecule has 4 aromatic carbocycles. The number of ether oxygens (including phenoxy) is 1. The maximum Gasteiger partial charge on any atom is 0.256 e. The minimum Gasteiger partial charge on any atom is -0.440 e. The largest absolute Gasteiger partial charge is 0.440 e. The van der Waals surface area contributed by atoms with Crippen molar-refractivity contribution in [2.75, 3.05) is 9.80 Å². The molecule has 4 heterocycles. The van der Waals surface area contributed by atoms with Gasteiger partial charge in [0.25, 0.3) is 6.71 Å². The van der Waals surface area contributed by atoms with Crippen molar-refractivity contribution in [2.24, 2.45) is 5.92 Å². The molecule has 7 aliphatic rings. The summed E-state index contributed by atoms with van der Waals surface area (Å²) in [5.41, 5.74) is 21.6. The molecule has 1 aromatic heterocycles. The molecule has 3 aliphatic heterocycles. The molecule has 2 unspecified atom stereocenters. The molecule has 0 saturated heterocycles. The third kappa shape index (κ3) is 5.98. The molecule has 0 spiro atoms. The van der Waals surface area contributed by atoms with Crippen LogP contribution >= 0.6 is 0 Å². The average molecular weight is 859 g/mol. The van der Waals surface area contributed by atoms with Gasteiger partial charge in [-0.1, -0.05) is 144 Å². The SMILES string of the molecule is CC1C=C2C3=C(C1)N(c1cccc4c1CO[C@H]1C=CC=CC41)c1ccc(C(C)(C)C)cc1B3c1c(oc3cc4c(cc13)C(C)(C)CCC4(C)C)N2c1ccc2c(c1)C(C)(C)CCC2(C)C. The van der Waals surface area contributed by atoms with Gasteiger partial charge in [-0.05, 0) is 146 Å². The quantitative estimate of drug-likeness (QED) is 0.165. The summed E-state index contributed by atoms with van der Waals surface area (Å²) in [5, 5.41) is 1.26. The summed E-state index contributed by atoms with van der Waals surface area (Å²) in [6.07, 6.45) is 17.2. The second kappa shape index (κ2) is 13.6. The first-order valence-corrected chi connectivity index (χ1v) is 24.8. The molecular formula is C60H67BN2O2. The Morgan fingerprint density at radius 1 is 0.692 bits per heavy atom. The minimum atomic E-state index is -0.0374. The van der Waals surface area contributed by atoms with Crippen molar-refractivity contribution in [2.45, 2.75) is 161 Å². The van der Waals surface area contributed by atoms with E-state index in [1.165, 1.54) is 108 Å². The molecule has 0 saturated carbocycles. The molecule has 4 aliphatic carbocycles. The van der Waals surface area contributed by atoms with Crippen LogP contribution in [-0.2, 0) is 38.4 Å². The van der Waals surface area contributed by atoms with Crippen molar-refractivity contribution in [3.8, 4) is 0 Å². The smallest absolute Gasteiger partial charge is 0.256 e. The van der Waals surface area contributed by atoms with Gasteiger partial charge in [-0.25, -0.2) is 0 Å². The van der Waals surface area contributed by atoms with Gasteiger partial charge >= 0.3 is 0 Å². The van der Waals surface area contributed by atoms with E-state index in [1.54, 1.807) is 0 Å². The van der Waals surface area contributed by atoms with Crippen molar-refractivity contribution in [3.05, 3.63) is 153 Å². The zero-order valence-corrected chi connectivity index (χ0v) is 41.0. The number of allylic oxidation sites excluding steroid dienone is 5. The number of nitrogens with zero attached hydrogens (tertiary/aromatic N) is 2. The lowest BCUT2D eigenvalue weighted by Crippen LogP contribution is -2.57. The highest BCUT2D eigenvalue weighted by atomic mass is 16.5. The molecule has 12 rings (SSSR count). The van der Waals surface area contributed by atoms with Crippen molar-refractivity contribution in [3.63, 3.8) is 0 Å². The van der Waals surface area contributed by atoms with Crippen LogP contribution in [0.2, 0.25) is 0 Å². The van der Waals surface area contributed by atoms with Crippen molar-refractivity contribution >= 4 is 51.6 Å². The van der Waals surface area contributed by atoms with Crippen molar-refractivity contribution in [1.29, 1.82) is 0 Å². The molecule has 4 nitrogen and oxygen atoms in total. The molecule has 5 aromatic rings. The topological polar surface area (TPSA) is 28.9 Å². The summed E-state index contributed by atoms with van der Waals surface area (Å²) in [6.45, 7) is 29.6. The van der Waals surface area contributed by atoms with E-state index in [-0.39, 0.29) is 45.8 Å². The number of rotatable bonds is 2. The first kappa shape index (κ1) is 41.4. The van der Waals surface area contributed by atoms with Crippen LogP contribution in [0.3, 0.4) is 0 Å². The van der Waals surface area contributed by atoms with Gasteiger partial charge in [0.1, 0.15) is 5.58 Å². The van der Waals surface area contributed by atoms with Crippen LogP contribution in [0.4, 0.5) is 22.9 Å². The Morgan fingerprint density at radius 2 is 1.37 bits per heavy atom. The fraction of sp³-hybridized carbons (Fsp3) is 0.433. The molecule has 0 radical (unpaired) electrons. The lowest BCUT2D eigenvalue weighted by atomic mass is 9.32. The minimum absolute atomic E-state index is 0.0119. The van der Waals surface area contributed by atoms with Gasteiger partial charge < -0.3 is 14.1 Å². The summed E-state index contributed by atoms with van der Waals surface area (Å²) in [7, 11) is 0. The van der Waals surface area contributed by atoms with Gasteiger partial charge in [0.2, 0.25) is 5.88 Å². The molecule has 3 atom stereocenters. The van der Waals surface area contributed by atoms with Crippen LogP contribution in [0, 0.1) is 5.92 Å². The second-order valence-corrected chi connectivity index (χ2v) is 24.6. The summed E-state index contributed by atoms with van der Waals surface area (Å²) in [5.74, 6) is 1.48. The Labute approximate surface area is 388 Å². The number of hydrogen-bond acceptors (Lipinski definition) is 4. The molecule has 332 valence electrons. The number of anilines is 4. The highest BCUT2D eigenvalue weighted by Crippen LogP contribution is 2.55. The van der Waals surface area contributed by atoms with Gasteiger partial charge in [-0.3, -0.25) is 4.90 Å².